The minimum atomic E-state index is -0.519. The number of aryl methyl sites for hydroxylation is 1. The van der Waals surface area contributed by atoms with Gasteiger partial charge in [-0.25, -0.2) is 9.78 Å². The summed E-state index contributed by atoms with van der Waals surface area (Å²) in [5.74, 6) is 0. The minimum Gasteiger partial charge on any atom is -0.340 e. The van der Waals surface area contributed by atoms with E-state index >= 15 is 0 Å². The number of H-pyrrole nitrogens is 2. The van der Waals surface area contributed by atoms with Gasteiger partial charge in [0.25, 0.3) is 5.56 Å². The van der Waals surface area contributed by atoms with Crippen molar-refractivity contribution in [2.24, 2.45) is 7.05 Å². The van der Waals surface area contributed by atoms with E-state index < -0.39 is 11.2 Å². The molecule has 0 aromatic carbocycles. The monoisotopic (exact) mass is 192 g/mol. The lowest BCUT2D eigenvalue weighted by atomic mass is 10.3. The van der Waals surface area contributed by atoms with Crippen molar-refractivity contribution in [2.75, 3.05) is 0 Å². The first kappa shape index (κ1) is 8.49. The van der Waals surface area contributed by atoms with Gasteiger partial charge in [0.15, 0.2) is 0 Å². The predicted octanol–water partition coefficient (Wildman–Crippen LogP) is -0.536. The zero-order chi connectivity index (χ0) is 10.1. The van der Waals surface area contributed by atoms with Crippen molar-refractivity contribution in [3.8, 4) is 11.3 Å². The zero-order valence-electron chi connectivity index (χ0n) is 7.44. The largest absolute Gasteiger partial charge is 0.340 e. The topological polar surface area (TPSA) is 83.5 Å². The van der Waals surface area contributed by atoms with Crippen LogP contribution in [0.25, 0.3) is 11.3 Å². The number of rotatable bonds is 1. The Hall–Kier alpha value is -2.11. The number of nitrogens with one attached hydrogen (secondary N) is 2. The molecule has 0 fully saturated rings. The van der Waals surface area contributed by atoms with E-state index in [0.717, 1.165) is 0 Å². The second-order valence-electron chi connectivity index (χ2n) is 2.91. The van der Waals surface area contributed by atoms with E-state index in [1.54, 1.807) is 24.1 Å². The molecule has 0 saturated heterocycles. The van der Waals surface area contributed by atoms with Crippen LogP contribution in [-0.2, 0) is 7.05 Å². The maximum absolute atomic E-state index is 11.3. The van der Waals surface area contributed by atoms with E-state index in [1.807, 2.05) is 0 Å². The van der Waals surface area contributed by atoms with Crippen molar-refractivity contribution in [2.45, 2.75) is 0 Å². The Morgan fingerprint density at radius 2 is 2.21 bits per heavy atom. The third kappa shape index (κ3) is 1.37. The third-order valence-electron chi connectivity index (χ3n) is 1.80. The van der Waals surface area contributed by atoms with Crippen LogP contribution in [0.4, 0.5) is 0 Å². The highest BCUT2D eigenvalue weighted by atomic mass is 16.2. The Kier molecular flexibility index (Phi) is 1.81. The van der Waals surface area contributed by atoms with Gasteiger partial charge in [-0.2, -0.15) is 0 Å². The highest BCUT2D eigenvalue weighted by Gasteiger charge is 2.05. The quantitative estimate of drug-likeness (QED) is 0.636. The first-order chi connectivity index (χ1) is 6.66. The molecule has 0 aliphatic carbocycles. The number of hydrogen-bond donors (Lipinski definition) is 2. The summed E-state index contributed by atoms with van der Waals surface area (Å²) in [7, 11) is 1.80. The highest BCUT2D eigenvalue weighted by molar-refractivity contribution is 5.54. The van der Waals surface area contributed by atoms with Crippen LogP contribution in [-0.4, -0.2) is 19.5 Å². The smallest absolute Gasteiger partial charge is 0.325 e. The van der Waals surface area contributed by atoms with Gasteiger partial charge >= 0.3 is 5.69 Å². The number of hydrogen-bond acceptors (Lipinski definition) is 3. The molecule has 6 nitrogen and oxygen atoms in total. The average molecular weight is 192 g/mol. The molecule has 2 heterocycles. The van der Waals surface area contributed by atoms with E-state index in [0.29, 0.717) is 11.3 Å². The summed E-state index contributed by atoms with van der Waals surface area (Å²) in [6.45, 7) is 0. The molecule has 14 heavy (non-hydrogen) atoms. The van der Waals surface area contributed by atoms with E-state index in [2.05, 4.69) is 15.0 Å². The van der Waals surface area contributed by atoms with E-state index in [1.165, 1.54) is 6.20 Å². The molecule has 0 aliphatic heterocycles. The molecular formula is C8H8N4O2. The summed E-state index contributed by atoms with van der Waals surface area (Å²) in [6, 6.07) is 0. The fourth-order valence-corrected chi connectivity index (χ4v) is 1.15. The molecule has 6 heteroatoms. The lowest BCUT2D eigenvalue weighted by Crippen LogP contribution is -2.22. The van der Waals surface area contributed by atoms with E-state index in [-0.39, 0.29) is 0 Å². The number of imidazole rings is 1. The first-order valence-corrected chi connectivity index (χ1v) is 3.97. The van der Waals surface area contributed by atoms with Gasteiger partial charge in [0.05, 0.1) is 17.6 Å². The normalized spacial score (nSPS) is 10.4. The predicted molar refractivity (Wildman–Crippen MR) is 49.9 cm³/mol. The molecule has 72 valence electrons. The molecule has 2 aromatic rings. The van der Waals surface area contributed by atoms with Gasteiger partial charge in [-0.3, -0.25) is 9.78 Å². The van der Waals surface area contributed by atoms with Crippen LogP contribution < -0.4 is 11.2 Å². The molecule has 0 saturated carbocycles. The van der Waals surface area contributed by atoms with Crippen LogP contribution in [0.15, 0.2) is 28.3 Å². The highest BCUT2D eigenvalue weighted by Crippen LogP contribution is 2.08. The Bertz CT molecular complexity index is 563. The molecule has 0 amide bonds. The lowest BCUT2D eigenvalue weighted by Gasteiger charge is -1.92. The molecule has 0 radical (unpaired) electrons. The molecule has 2 rings (SSSR count). The summed E-state index contributed by atoms with van der Waals surface area (Å²) in [5.41, 5.74) is -0.0719. The van der Waals surface area contributed by atoms with Crippen LogP contribution in [0.3, 0.4) is 0 Å². The van der Waals surface area contributed by atoms with Gasteiger partial charge in [0.2, 0.25) is 0 Å². The molecule has 0 aliphatic rings. The molecule has 0 unspecified atom stereocenters. The van der Waals surface area contributed by atoms with Gasteiger partial charge < -0.3 is 9.55 Å². The third-order valence-corrected chi connectivity index (χ3v) is 1.80. The average Bonchev–Trinajstić information content (AvgIpc) is 2.51. The van der Waals surface area contributed by atoms with E-state index in [4.69, 9.17) is 0 Å². The maximum atomic E-state index is 11.3. The molecule has 0 atom stereocenters. The number of aromatic nitrogens is 4. The standard InChI is InChI=1S/C8H8N4O2/c1-12-3-6(10-4-12)5-2-9-8(14)11-7(5)13/h2-4H,1H3,(H2,9,11,13,14). The Morgan fingerprint density at radius 3 is 2.79 bits per heavy atom. The fraction of sp³-hybridized carbons (Fsp3) is 0.125. The van der Waals surface area contributed by atoms with Crippen LogP contribution in [0.1, 0.15) is 0 Å². The summed E-state index contributed by atoms with van der Waals surface area (Å²) in [6.07, 6.45) is 4.63. The SMILES string of the molecule is Cn1cnc(-c2c[nH]c(=O)[nH]c2=O)c1. The van der Waals surface area contributed by atoms with Crippen molar-refractivity contribution >= 4 is 0 Å². The van der Waals surface area contributed by atoms with E-state index in [9.17, 15) is 9.59 Å². The number of aromatic amines is 2. The molecule has 2 aromatic heterocycles. The Labute approximate surface area is 78.3 Å². The van der Waals surface area contributed by atoms with Gasteiger partial charge in [-0.15, -0.1) is 0 Å². The van der Waals surface area contributed by atoms with Crippen LogP contribution in [0, 0.1) is 0 Å². The van der Waals surface area contributed by atoms with Crippen LogP contribution in [0.2, 0.25) is 0 Å². The molecule has 2 N–H and O–H groups in total. The van der Waals surface area contributed by atoms with Crippen molar-refractivity contribution in [3.63, 3.8) is 0 Å². The van der Waals surface area contributed by atoms with Crippen molar-refractivity contribution < 1.29 is 0 Å². The molecule has 0 spiro atoms. The van der Waals surface area contributed by atoms with Gasteiger partial charge in [0, 0.05) is 19.4 Å². The molecular weight excluding hydrogens is 184 g/mol. The zero-order valence-corrected chi connectivity index (χ0v) is 7.44. The van der Waals surface area contributed by atoms with Gasteiger partial charge in [0.1, 0.15) is 0 Å². The summed E-state index contributed by atoms with van der Waals surface area (Å²) in [5, 5.41) is 0. The first-order valence-electron chi connectivity index (χ1n) is 3.97. The fourth-order valence-electron chi connectivity index (χ4n) is 1.15. The second-order valence-corrected chi connectivity index (χ2v) is 2.91. The van der Waals surface area contributed by atoms with Gasteiger partial charge in [-0.05, 0) is 0 Å². The van der Waals surface area contributed by atoms with Crippen molar-refractivity contribution in [1.29, 1.82) is 0 Å². The second kappa shape index (κ2) is 2.99. The molecule has 0 bridgehead atoms. The summed E-state index contributed by atoms with van der Waals surface area (Å²) >= 11 is 0. The Morgan fingerprint density at radius 1 is 1.43 bits per heavy atom. The van der Waals surface area contributed by atoms with Crippen molar-refractivity contribution in [3.05, 3.63) is 39.6 Å². The Balaban J connectivity index is 2.63. The van der Waals surface area contributed by atoms with Crippen LogP contribution in [0.5, 0.6) is 0 Å². The lowest BCUT2D eigenvalue weighted by molar-refractivity contribution is 0.913. The van der Waals surface area contributed by atoms with Crippen LogP contribution >= 0.6 is 0 Å². The summed E-state index contributed by atoms with van der Waals surface area (Å²) in [4.78, 5) is 30.6. The maximum Gasteiger partial charge on any atom is 0.325 e. The minimum absolute atomic E-state index is 0.352. The number of nitrogens with zero attached hydrogens (tertiary/aromatic N) is 2. The van der Waals surface area contributed by atoms with Gasteiger partial charge in [-0.1, -0.05) is 0 Å². The summed E-state index contributed by atoms with van der Waals surface area (Å²) < 4.78 is 1.72. The van der Waals surface area contributed by atoms with Crippen molar-refractivity contribution in [1.82, 2.24) is 19.5 Å².